The molecule has 0 radical (unpaired) electrons. The van der Waals surface area contributed by atoms with E-state index >= 15 is 0 Å². The second-order valence-corrected chi connectivity index (χ2v) is 8.71. The number of aryl methyl sites for hydroxylation is 1. The van der Waals surface area contributed by atoms with E-state index in [1.54, 1.807) is 10.6 Å². The lowest BCUT2D eigenvalue weighted by molar-refractivity contribution is 0.326. The van der Waals surface area contributed by atoms with Crippen molar-refractivity contribution in [2.45, 2.75) is 17.8 Å². The highest BCUT2D eigenvalue weighted by atomic mass is 35.5. The van der Waals surface area contributed by atoms with E-state index in [9.17, 15) is 4.79 Å². The molecule has 0 spiro atoms. The van der Waals surface area contributed by atoms with Crippen molar-refractivity contribution in [3.63, 3.8) is 0 Å². The second kappa shape index (κ2) is 9.77. The molecule has 0 fully saturated rings. The van der Waals surface area contributed by atoms with Gasteiger partial charge in [-0.3, -0.25) is 9.36 Å². The predicted octanol–water partition coefficient (Wildman–Crippen LogP) is 5.67. The third kappa shape index (κ3) is 4.51. The zero-order valence-electron chi connectivity index (χ0n) is 18.7. The summed E-state index contributed by atoms with van der Waals surface area (Å²) in [5.74, 6) is 1.75. The quantitative estimate of drug-likeness (QED) is 0.250. The van der Waals surface area contributed by atoms with Crippen LogP contribution in [0.4, 0.5) is 0 Å². The molecule has 8 heteroatoms. The molecule has 0 aliphatic heterocycles. The van der Waals surface area contributed by atoms with Gasteiger partial charge in [-0.25, -0.2) is 4.98 Å². The second-order valence-electron chi connectivity index (χ2n) is 7.33. The minimum atomic E-state index is -0.219. The number of aromatic nitrogens is 2. The molecule has 1 heterocycles. The summed E-state index contributed by atoms with van der Waals surface area (Å²) in [5.41, 5.74) is 3.04. The first-order chi connectivity index (χ1) is 16.0. The first kappa shape index (κ1) is 23.0. The molecular weight excluding hydrogens is 460 g/mol. The van der Waals surface area contributed by atoms with Crippen LogP contribution in [0.3, 0.4) is 0 Å². The molecule has 33 heavy (non-hydrogen) atoms. The number of halogens is 1. The van der Waals surface area contributed by atoms with Gasteiger partial charge in [0.2, 0.25) is 5.75 Å². The number of hydrogen-bond acceptors (Lipinski definition) is 6. The predicted molar refractivity (Wildman–Crippen MR) is 133 cm³/mol. The SMILES string of the molecule is COc1cc2c(=O)n(-c3cccc(C)c3)c(SCc3ccc(Cl)cc3)nc2c(OC)c1OC. The molecule has 0 bridgehead atoms. The number of hydrogen-bond donors (Lipinski definition) is 0. The number of ether oxygens (including phenoxy) is 3. The van der Waals surface area contributed by atoms with Crippen LogP contribution in [0.15, 0.2) is 64.5 Å². The Morgan fingerprint density at radius 1 is 0.970 bits per heavy atom. The Bertz CT molecular complexity index is 1370. The van der Waals surface area contributed by atoms with E-state index in [-0.39, 0.29) is 5.56 Å². The fourth-order valence-electron chi connectivity index (χ4n) is 3.59. The third-order valence-electron chi connectivity index (χ3n) is 5.18. The van der Waals surface area contributed by atoms with Gasteiger partial charge < -0.3 is 14.2 Å². The Morgan fingerprint density at radius 3 is 2.33 bits per heavy atom. The van der Waals surface area contributed by atoms with E-state index in [4.69, 9.17) is 30.8 Å². The standard InChI is InChI=1S/C25H23ClN2O4S/c1-15-6-5-7-18(12-15)28-24(29)19-13-20(30-2)22(31-3)23(32-4)21(19)27-25(28)33-14-16-8-10-17(26)11-9-16/h5-13H,14H2,1-4H3. The van der Waals surface area contributed by atoms with Gasteiger partial charge in [-0.15, -0.1) is 0 Å². The molecule has 6 nitrogen and oxygen atoms in total. The van der Waals surface area contributed by atoms with Crippen molar-refractivity contribution in [3.8, 4) is 22.9 Å². The number of thioether (sulfide) groups is 1. The van der Waals surface area contributed by atoms with Crippen molar-refractivity contribution < 1.29 is 14.2 Å². The number of rotatable bonds is 7. The maximum absolute atomic E-state index is 13.8. The van der Waals surface area contributed by atoms with Crippen molar-refractivity contribution >= 4 is 34.3 Å². The van der Waals surface area contributed by atoms with Crippen LogP contribution >= 0.6 is 23.4 Å². The van der Waals surface area contributed by atoms with E-state index in [1.165, 1.54) is 33.1 Å². The van der Waals surface area contributed by atoms with Gasteiger partial charge in [0.05, 0.1) is 32.4 Å². The molecule has 0 atom stereocenters. The maximum Gasteiger partial charge on any atom is 0.266 e. The summed E-state index contributed by atoms with van der Waals surface area (Å²) in [4.78, 5) is 18.7. The fourth-order valence-corrected chi connectivity index (χ4v) is 4.68. The van der Waals surface area contributed by atoms with Crippen LogP contribution in [0, 0.1) is 6.92 Å². The summed E-state index contributed by atoms with van der Waals surface area (Å²) < 4.78 is 18.2. The Hall–Kier alpha value is -3.16. The van der Waals surface area contributed by atoms with Crippen molar-refractivity contribution in [3.05, 3.63) is 81.1 Å². The molecule has 0 N–H and O–H groups in total. The summed E-state index contributed by atoms with van der Waals surface area (Å²) in [6.07, 6.45) is 0. The molecule has 4 rings (SSSR count). The minimum absolute atomic E-state index is 0.219. The highest BCUT2D eigenvalue weighted by Crippen LogP contribution is 2.42. The van der Waals surface area contributed by atoms with E-state index in [2.05, 4.69) is 0 Å². The molecule has 4 aromatic rings. The zero-order valence-corrected chi connectivity index (χ0v) is 20.3. The van der Waals surface area contributed by atoms with E-state index < -0.39 is 0 Å². The zero-order chi connectivity index (χ0) is 23.5. The average molecular weight is 483 g/mol. The van der Waals surface area contributed by atoms with Crippen molar-refractivity contribution in [2.75, 3.05) is 21.3 Å². The number of nitrogens with zero attached hydrogens (tertiary/aromatic N) is 2. The number of fused-ring (bicyclic) bond motifs is 1. The summed E-state index contributed by atoms with van der Waals surface area (Å²) >= 11 is 7.48. The van der Waals surface area contributed by atoms with Crippen molar-refractivity contribution in [1.29, 1.82) is 0 Å². The molecule has 0 amide bonds. The van der Waals surface area contributed by atoms with Crippen molar-refractivity contribution in [2.24, 2.45) is 0 Å². The summed E-state index contributed by atoms with van der Waals surface area (Å²) in [5, 5.41) is 1.59. The highest BCUT2D eigenvalue weighted by molar-refractivity contribution is 7.98. The normalized spacial score (nSPS) is 10.9. The van der Waals surface area contributed by atoms with Crippen LogP contribution < -0.4 is 19.8 Å². The third-order valence-corrected chi connectivity index (χ3v) is 6.44. The molecule has 170 valence electrons. The van der Waals surface area contributed by atoms with Crippen molar-refractivity contribution in [1.82, 2.24) is 9.55 Å². The van der Waals surface area contributed by atoms with Gasteiger partial charge in [-0.2, -0.15) is 0 Å². The Morgan fingerprint density at radius 2 is 1.70 bits per heavy atom. The van der Waals surface area contributed by atoms with Gasteiger partial charge >= 0.3 is 0 Å². The summed E-state index contributed by atoms with van der Waals surface area (Å²) in [6, 6.07) is 17.0. The molecule has 0 saturated heterocycles. The maximum atomic E-state index is 13.8. The molecule has 0 aliphatic carbocycles. The topological polar surface area (TPSA) is 62.6 Å². The van der Waals surface area contributed by atoms with E-state index in [0.29, 0.717) is 44.1 Å². The van der Waals surface area contributed by atoms with Crippen LogP contribution in [0.2, 0.25) is 5.02 Å². The van der Waals surface area contributed by atoms with Crippen LogP contribution in [0.1, 0.15) is 11.1 Å². The van der Waals surface area contributed by atoms with E-state index in [1.807, 2.05) is 55.5 Å². The van der Waals surface area contributed by atoms with Gasteiger partial charge in [-0.1, -0.05) is 47.6 Å². The lowest BCUT2D eigenvalue weighted by Gasteiger charge is -2.17. The number of benzene rings is 3. The van der Waals surface area contributed by atoms with Gasteiger partial charge in [0.15, 0.2) is 16.7 Å². The van der Waals surface area contributed by atoms with E-state index in [0.717, 1.165) is 16.8 Å². The lowest BCUT2D eigenvalue weighted by atomic mass is 10.2. The van der Waals surface area contributed by atoms with Crippen LogP contribution in [0.5, 0.6) is 17.2 Å². The molecule has 0 unspecified atom stereocenters. The smallest absolute Gasteiger partial charge is 0.266 e. The highest BCUT2D eigenvalue weighted by Gasteiger charge is 2.22. The Kier molecular flexibility index (Phi) is 6.81. The first-order valence-corrected chi connectivity index (χ1v) is 11.5. The largest absolute Gasteiger partial charge is 0.493 e. The number of methoxy groups -OCH3 is 3. The average Bonchev–Trinajstić information content (AvgIpc) is 2.82. The molecule has 1 aromatic heterocycles. The fraction of sp³-hybridized carbons (Fsp3) is 0.200. The molecule has 0 saturated carbocycles. The molecular formula is C25H23ClN2O4S. The van der Waals surface area contributed by atoms with Gasteiger partial charge in [0.1, 0.15) is 5.52 Å². The lowest BCUT2D eigenvalue weighted by Crippen LogP contribution is -2.22. The van der Waals surface area contributed by atoms with Gasteiger partial charge in [0.25, 0.3) is 5.56 Å². The summed E-state index contributed by atoms with van der Waals surface area (Å²) in [6.45, 7) is 1.99. The molecule has 3 aromatic carbocycles. The molecule has 0 aliphatic rings. The van der Waals surface area contributed by atoms with Crippen LogP contribution in [0.25, 0.3) is 16.6 Å². The summed E-state index contributed by atoms with van der Waals surface area (Å²) in [7, 11) is 4.56. The first-order valence-electron chi connectivity index (χ1n) is 10.2. The van der Waals surface area contributed by atoms with Crippen LogP contribution in [-0.2, 0) is 5.75 Å². The minimum Gasteiger partial charge on any atom is -0.493 e. The van der Waals surface area contributed by atoms with Crippen LogP contribution in [-0.4, -0.2) is 30.9 Å². The van der Waals surface area contributed by atoms with Gasteiger partial charge in [0, 0.05) is 10.8 Å². The Balaban J connectivity index is 1.97. The Labute approximate surface area is 201 Å². The van der Waals surface area contributed by atoms with Gasteiger partial charge in [-0.05, 0) is 48.4 Å². The monoisotopic (exact) mass is 482 g/mol.